The Kier molecular flexibility index (Phi) is 3.54. The molecule has 2 rings (SSSR count). The number of benzene rings is 1. The van der Waals surface area contributed by atoms with Crippen LogP contribution >= 0.6 is 11.6 Å². The molecule has 1 aromatic heterocycles. The lowest BCUT2D eigenvalue weighted by molar-refractivity contribution is 0.600. The Bertz CT molecular complexity index is 709. The smallest absolute Gasteiger partial charge is 0.264 e. The standard InChI is InChI=1S/C10H8ClFN4O2S/c11-6-3-7(12)8(13)4-9(6)19(17,18)16-10-5-14-1-2-15-10/h1-5H,13H2,(H,15,16). The fourth-order valence-corrected chi connectivity index (χ4v) is 2.84. The van der Waals surface area contributed by atoms with E-state index in [0.717, 1.165) is 12.1 Å². The number of anilines is 2. The maximum Gasteiger partial charge on any atom is 0.264 e. The normalized spacial score (nSPS) is 11.3. The molecular weight excluding hydrogens is 295 g/mol. The van der Waals surface area contributed by atoms with Gasteiger partial charge in [0.15, 0.2) is 5.82 Å². The van der Waals surface area contributed by atoms with Crippen molar-refractivity contribution in [1.82, 2.24) is 9.97 Å². The molecule has 19 heavy (non-hydrogen) atoms. The maximum atomic E-state index is 13.1. The quantitative estimate of drug-likeness (QED) is 0.840. The van der Waals surface area contributed by atoms with Gasteiger partial charge in [-0.3, -0.25) is 9.71 Å². The number of hydrogen-bond acceptors (Lipinski definition) is 5. The Morgan fingerprint density at radius 3 is 2.68 bits per heavy atom. The molecule has 100 valence electrons. The second-order valence-corrected chi connectivity index (χ2v) is 5.56. The topological polar surface area (TPSA) is 98.0 Å². The lowest BCUT2D eigenvalue weighted by atomic mass is 10.3. The minimum atomic E-state index is -4.01. The first-order valence-electron chi connectivity index (χ1n) is 4.93. The number of nitrogens with one attached hydrogen (secondary N) is 1. The molecule has 0 unspecified atom stereocenters. The fourth-order valence-electron chi connectivity index (χ4n) is 1.30. The number of hydrogen-bond donors (Lipinski definition) is 2. The summed E-state index contributed by atoms with van der Waals surface area (Å²) in [5.74, 6) is -0.773. The molecule has 0 bridgehead atoms. The summed E-state index contributed by atoms with van der Waals surface area (Å²) >= 11 is 5.70. The summed E-state index contributed by atoms with van der Waals surface area (Å²) < 4.78 is 39.4. The van der Waals surface area contributed by atoms with Crippen molar-refractivity contribution in [2.24, 2.45) is 0 Å². The Hall–Kier alpha value is -1.93. The minimum absolute atomic E-state index is 0.0152. The Morgan fingerprint density at radius 1 is 1.32 bits per heavy atom. The van der Waals surface area contributed by atoms with Crippen LogP contribution in [0.3, 0.4) is 0 Å². The van der Waals surface area contributed by atoms with Crippen LogP contribution in [-0.2, 0) is 10.0 Å². The number of aromatic nitrogens is 2. The largest absolute Gasteiger partial charge is 0.396 e. The molecule has 2 aromatic rings. The molecule has 0 radical (unpaired) electrons. The summed E-state index contributed by atoms with van der Waals surface area (Å²) in [7, 11) is -4.01. The van der Waals surface area contributed by atoms with Crippen LogP contribution in [-0.4, -0.2) is 18.4 Å². The molecule has 6 nitrogen and oxygen atoms in total. The van der Waals surface area contributed by atoms with Crippen molar-refractivity contribution in [1.29, 1.82) is 0 Å². The summed E-state index contributed by atoms with van der Waals surface area (Å²) in [5.41, 5.74) is 5.01. The van der Waals surface area contributed by atoms with Gasteiger partial charge in [-0.2, -0.15) is 0 Å². The van der Waals surface area contributed by atoms with Crippen LogP contribution in [0.4, 0.5) is 15.9 Å². The highest BCUT2D eigenvalue weighted by molar-refractivity contribution is 7.92. The van der Waals surface area contributed by atoms with Crippen LogP contribution in [0.1, 0.15) is 0 Å². The lowest BCUT2D eigenvalue weighted by Gasteiger charge is -2.09. The molecule has 0 saturated carbocycles. The van der Waals surface area contributed by atoms with E-state index >= 15 is 0 Å². The molecule has 1 aromatic carbocycles. The van der Waals surface area contributed by atoms with Gasteiger partial charge < -0.3 is 5.73 Å². The van der Waals surface area contributed by atoms with E-state index in [2.05, 4.69) is 14.7 Å². The van der Waals surface area contributed by atoms with E-state index in [-0.39, 0.29) is 21.4 Å². The van der Waals surface area contributed by atoms with Crippen LogP contribution in [0.2, 0.25) is 5.02 Å². The highest BCUT2D eigenvalue weighted by atomic mass is 35.5. The average molecular weight is 303 g/mol. The van der Waals surface area contributed by atoms with Crippen molar-refractivity contribution in [3.8, 4) is 0 Å². The van der Waals surface area contributed by atoms with E-state index in [0.29, 0.717) is 0 Å². The van der Waals surface area contributed by atoms with Crippen molar-refractivity contribution in [3.63, 3.8) is 0 Å². The van der Waals surface area contributed by atoms with E-state index in [1.807, 2.05) is 0 Å². The number of rotatable bonds is 3. The first-order valence-corrected chi connectivity index (χ1v) is 6.79. The summed E-state index contributed by atoms with van der Waals surface area (Å²) in [6, 6.07) is 1.78. The van der Waals surface area contributed by atoms with E-state index in [4.69, 9.17) is 17.3 Å². The molecule has 0 aliphatic carbocycles. The molecule has 0 aliphatic heterocycles. The third kappa shape index (κ3) is 2.91. The molecular formula is C10H8ClFN4O2S. The second-order valence-electron chi connectivity index (χ2n) is 3.50. The third-order valence-corrected chi connectivity index (χ3v) is 3.96. The highest BCUT2D eigenvalue weighted by Gasteiger charge is 2.20. The first kappa shape index (κ1) is 13.5. The average Bonchev–Trinajstić information content (AvgIpc) is 2.34. The predicted octanol–water partition coefficient (Wildman–Crippen LogP) is 1.65. The van der Waals surface area contributed by atoms with Gasteiger partial charge in [0, 0.05) is 12.4 Å². The van der Waals surface area contributed by atoms with E-state index < -0.39 is 15.8 Å². The molecule has 1 heterocycles. The molecule has 0 aliphatic rings. The third-order valence-electron chi connectivity index (χ3n) is 2.14. The van der Waals surface area contributed by atoms with Gasteiger partial charge in [-0.25, -0.2) is 17.8 Å². The number of halogens is 2. The van der Waals surface area contributed by atoms with Gasteiger partial charge in [0.2, 0.25) is 0 Å². The molecule has 0 saturated heterocycles. The number of nitrogens with zero attached hydrogens (tertiary/aromatic N) is 2. The minimum Gasteiger partial charge on any atom is -0.396 e. The fraction of sp³-hybridized carbons (Fsp3) is 0. The lowest BCUT2D eigenvalue weighted by Crippen LogP contribution is -2.15. The SMILES string of the molecule is Nc1cc(S(=O)(=O)Nc2cnccn2)c(Cl)cc1F. The second kappa shape index (κ2) is 4.98. The van der Waals surface area contributed by atoms with Crippen molar-refractivity contribution in [3.05, 3.63) is 41.6 Å². The Labute approximate surface area is 113 Å². The van der Waals surface area contributed by atoms with Crippen molar-refractivity contribution < 1.29 is 12.8 Å². The van der Waals surface area contributed by atoms with E-state index in [1.54, 1.807) is 0 Å². The van der Waals surface area contributed by atoms with Gasteiger partial charge in [-0.15, -0.1) is 0 Å². The number of sulfonamides is 1. The summed E-state index contributed by atoms with van der Waals surface area (Å²) in [6.07, 6.45) is 3.93. The van der Waals surface area contributed by atoms with Crippen LogP contribution in [0.15, 0.2) is 35.6 Å². The van der Waals surface area contributed by atoms with E-state index in [1.165, 1.54) is 18.6 Å². The monoisotopic (exact) mass is 302 g/mol. The van der Waals surface area contributed by atoms with Crippen molar-refractivity contribution in [2.75, 3.05) is 10.5 Å². The van der Waals surface area contributed by atoms with Gasteiger partial charge >= 0.3 is 0 Å². The Morgan fingerprint density at radius 2 is 2.05 bits per heavy atom. The van der Waals surface area contributed by atoms with Gasteiger partial charge in [-0.1, -0.05) is 11.6 Å². The van der Waals surface area contributed by atoms with E-state index in [9.17, 15) is 12.8 Å². The summed E-state index contributed by atoms with van der Waals surface area (Å²) in [5, 5.41) is -0.275. The molecule has 0 fully saturated rings. The van der Waals surface area contributed by atoms with Crippen LogP contribution in [0, 0.1) is 5.82 Å². The summed E-state index contributed by atoms with van der Waals surface area (Å²) in [4.78, 5) is 7.13. The Balaban J connectivity index is 2.43. The molecule has 0 spiro atoms. The number of nitrogens with two attached hydrogens (primary N) is 1. The van der Waals surface area contributed by atoms with Gasteiger partial charge in [0.05, 0.1) is 16.9 Å². The van der Waals surface area contributed by atoms with Gasteiger partial charge in [-0.05, 0) is 12.1 Å². The highest BCUT2D eigenvalue weighted by Crippen LogP contribution is 2.27. The zero-order chi connectivity index (χ0) is 14.0. The number of nitrogen functional groups attached to an aromatic ring is 1. The molecule has 0 amide bonds. The zero-order valence-electron chi connectivity index (χ0n) is 9.34. The van der Waals surface area contributed by atoms with Crippen molar-refractivity contribution >= 4 is 33.1 Å². The molecule has 0 atom stereocenters. The van der Waals surface area contributed by atoms with Crippen LogP contribution in [0.25, 0.3) is 0 Å². The van der Waals surface area contributed by atoms with Gasteiger partial charge in [0.25, 0.3) is 10.0 Å². The molecule has 9 heteroatoms. The van der Waals surface area contributed by atoms with Gasteiger partial charge in [0.1, 0.15) is 10.7 Å². The summed E-state index contributed by atoms with van der Waals surface area (Å²) in [6.45, 7) is 0. The predicted molar refractivity (Wildman–Crippen MR) is 68.7 cm³/mol. The zero-order valence-corrected chi connectivity index (χ0v) is 10.9. The maximum absolute atomic E-state index is 13.1. The van der Waals surface area contributed by atoms with Crippen LogP contribution < -0.4 is 10.5 Å². The van der Waals surface area contributed by atoms with Crippen LogP contribution in [0.5, 0.6) is 0 Å². The molecule has 3 N–H and O–H groups in total. The van der Waals surface area contributed by atoms with Crippen molar-refractivity contribution in [2.45, 2.75) is 4.90 Å². The first-order chi connectivity index (χ1) is 8.90.